The van der Waals surface area contributed by atoms with E-state index in [2.05, 4.69) is 34.7 Å². The zero-order valence-electron chi connectivity index (χ0n) is 6.92. The molecule has 0 saturated carbocycles. The molecule has 0 saturated heterocycles. The van der Waals surface area contributed by atoms with Gasteiger partial charge < -0.3 is 5.11 Å². The van der Waals surface area contributed by atoms with E-state index in [1.807, 2.05) is 25.1 Å². The van der Waals surface area contributed by atoms with Gasteiger partial charge in [-0.2, -0.15) is 0 Å². The summed E-state index contributed by atoms with van der Waals surface area (Å²) in [6.07, 6.45) is 1.98. The van der Waals surface area contributed by atoms with Crippen LogP contribution in [0.25, 0.3) is 6.08 Å². The largest absolute Gasteiger partial charge is 0.392 e. The molecule has 0 fully saturated rings. The smallest absolute Gasteiger partial charge is 0.0642 e. The lowest BCUT2D eigenvalue weighted by Crippen LogP contribution is -1.83. The van der Waals surface area contributed by atoms with E-state index in [9.17, 15) is 0 Å². The van der Waals surface area contributed by atoms with Gasteiger partial charge in [0.15, 0.2) is 0 Å². The number of rotatable bonds is 2. The van der Waals surface area contributed by atoms with Crippen molar-refractivity contribution in [3.05, 3.63) is 39.0 Å². The van der Waals surface area contributed by atoms with Crippen LogP contribution in [0, 0.1) is 3.57 Å². The third-order valence-electron chi connectivity index (χ3n) is 1.53. The SMILES string of the molecule is CC(=Cc1ccc(I)cc1)CO. The van der Waals surface area contributed by atoms with Gasteiger partial charge in [0.25, 0.3) is 0 Å². The van der Waals surface area contributed by atoms with Crippen LogP contribution in [0.3, 0.4) is 0 Å². The Labute approximate surface area is 86.3 Å². The van der Waals surface area contributed by atoms with Crippen LogP contribution in [0.15, 0.2) is 29.8 Å². The fourth-order valence-corrected chi connectivity index (χ4v) is 1.25. The Morgan fingerprint density at radius 3 is 2.50 bits per heavy atom. The molecule has 0 atom stereocenters. The molecule has 0 unspecified atom stereocenters. The van der Waals surface area contributed by atoms with Crippen molar-refractivity contribution >= 4 is 28.7 Å². The van der Waals surface area contributed by atoms with E-state index in [1.165, 1.54) is 3.57 Å². The first-order chi connectivity index (χ1) is 5.72. The molecule has 1 aromatic rings. The van der Waals surface area contributed by atoms with Crippen LogP contribution in [-0.2, 0) is 0 Å². The number of benzene rings is 1. The highest BCUT2D eigenvalue weighted by Gasteiger charge is 1.89. The van der Waals surface area contributed by atoms with Gasteiger partial charge in [0, 0.05) is 3.57 Å². The van der Waals surface area contributed by atoms with Gasteiger partial charge in [0.2, 0.25) is 0 Å². The molecule has 1 nitrogen and oxygen atoms in total. The molecule has 0 aliphatic rings. The van der Waals surface area contributed by atoms with E-state index in [1.54, 1.807) is 0 Å². The second-order valence-corrected chi connectivity index (χ2v) is 3.95. The average Bonchev–Trinajstić information content (AvgIpc) is 2.09. The molecule has 1 aromatic carbocycles. The summed E-state index contributed by atoms with van der Waals surface area (Å²) in [6, 6.07) is 8.19. The van der Waals surface area contributed by atoms with Gasteiger partial charge in [-0.1, -0.05) is 18.2 Å². The van der Waals surface area contributed by atoms with E-state index < -0.39 is 0 Å². The lowest BCUT2D eigenvalue weighted by Gasteiger charge is -1.96. The zero-order valence-corrected chi connectivity index (χ0v) is 9.08. The van der Waals surface area contributed by atoms with Crippen molar-refractivity contribution in [3.63, 3.8) is 0 Å². The van der Waals surface area contributed by atoms with Gasteiger partial charge >= 0.3 is 0 Å². The molecular weight excluding hydrogens is 263 g/mol. The fourth-order valence-electron chi connectivity index (χ4n) is 0.889. The summed E-state index contributed by atoms with van der Waals surface area (Å²) in [5, 5.41) is 8.78. The highest BCUT2D eigenvalue weighted by molar-refractivity contribution is 14.1. The molecule has 0 aromatic heterocycles. The highest BCUT2D eigenvalue weighted by Crippen LogP contribution is 2.09. The summed E-state index contributed by atoms with van der Waals surface area (Å²) in [4.78, 5) is 0. The summed E-state index contributed by atoms with van der Waals surface area (Å²) in [5.74, 6) is 0. The van der Waals surface area contributed by atoms with Crippen molar-refractivity contribution in [3.8, 4) is 0 Å². The molecule has 0 radical (unpaired) electrons. The second-order valence-electron chi connectivity index (χ2n) is 2.70. The molecule has 0 aliphatic heterocycles. The Morgan fingerprint density at radius 1 is 1.42 bits per heavy atom. The van der Waals surface area contributed by atoms with Crippen LogP contribution in [0.2, 0.25) is 0 Å². The molecule has 0 heterocycles. The van der Waals surface area contributed by atoms with Crippen LogP contribution in [0.4, 0.5) is 0 Å². The van der Waals surface area contributed by atoms with Crippen molar-refractivity contribution in [2.75, 3.05) is 6.61 Å². The van der Waals surface area contributed by atoms with Crippen molar-refractivity contribution in [1.82, 2.24) is 0 Å². The third kappa shape index (κ3) is 2.95. The first-order valence-corrected chi connectivity index (χ1v) is 4.84. The maximum absolute atomic E-state index is 8.78. The average molecular weight is 274 g/mol. The van der Waals surface area contributed by atoms with E-state index >= 15 is 0 Å². The second kappa shape index (κ2) is 4.62. The van der Waals surface area contributed by atoms with Gasteiger partial charge in [0.05, 0.1) is 6.61 Å². The molecule has 0 bridgehead atoms. The standard InChI is InChI=1S/C10H11IO/c1-8(7-12)6-9-2-4-10(11)5-3-9/h2-6,12H,7H2,1H3. The van der Waals surface area contributed by atoms with E-state index in [0.717, 1.165) is 11.1 Å². The van der Waals surface area contributed by atoms with Crippen LogP contribution >= 0.6 is 22.6 Å². The minimum atomic E-state index is 0.131. The normalized spacial score (nSPS) is 11.8. The maximum atomic E-state index is 8.78. The molecular formula is C10H11IO. The van der Waals surface area contributed by atoms with Crippen LogP contribution in [-0.4, -0.2) is 11.7 Å². The number of halogens is 1. The lowest BCUT2D eigenvalue weighted by molar-refractivity contribution is 0.332. The Balaban J connectivity index is 2.84. The number of aliphatic hydroxyl groups excluding tert-OH is 1. The van der Waals surface area contributed by atoms with E-state index in [0.29, 0.717) is 0 Å². The molecule has 2 heteroatoms. The Bertz CT molecular complexity index is 274. The number of aliphatic hydroxyl groups is 1. The van der Waals surface area contributed by atoms with E-state index in [4.69, 9.17) is 5.11 Å². The summed E-state index contributed by atoms with van der Waals surface area (Å²) in [5.41, 5.74) is 2.12. The third-order valence-corrected chi connectivity index (χ3v) is 2.25. The Morgan fingerprint density at radius 2 is 2.00 bits per heavy atom. The minimum absolute atomic E-state index is 0.131. The number of hydrogen-bond acceptors (Lipinski definition) is 1. The van der Waals surface area contributed by atoms with Gasteiger partial charge in [-0.15, -0.1) is 0 Å². The van der Waals surface area contributed by atoms with Crippen molar-refractivity contribution in [2.24, 2.45) is 0 Å². The molecule has 12 heavy (non-hydrogen) atoms. The van der Waals surface area contributed by atoms with Crippen molar-refractivity contribution in [2.45, 2.75) is 6.92 Å². The van der Waals surface area contributed by atoms with Crippen LogP contribution in [0.5, 0.6) is 0 Å². The molecule has 1 N–H and O–H groups in total. The van der Waals surface area contributed by atoms with Gasteiger partial charge in [-0.3, -0.25) is 0 Å². The van der Waals surface area contributed by atoms with Crippen LogP contribution in [0.1, 0.15) is 12.5 Å². The molecule has 1 rings (SSSR count). The Kier molecular flexibility index (Phi) is 3.75. The quantitative estimate of drug-likeness (QED) is 0.822. The Hall–Kier alpha value is -0.350. The molecule has 0 spiro atoms. The summed E-state index contributed by atoms with van der Waals surface area (Å²) in [6.45, 7) is 2.05. The first-order valence-electron chi connectivity index (χ1n) is 3.76. The van der Waals surface area contributed by atoms with E-state index in [-0.39, 0.29) is 6.61 Å². The summed E-state index contributed by atoms with van der Waals surface area (Å²) < 4.78 is 1.23. The van der Waals surface area contributed by atoms with Gasteiger partial charge in [-0.05, 0) is 52.8 Å². The van der Waals surface area contributed by atoms with Gasteiger partial charge in [0.1, 0.15) is 0 Å². The highest BCUT2D eigenvalue weighted by atomic mass is 127. The summed E-state index contributed by atoms with van der Waals surface area (Å²) in [7, 11) is 0. The number of hydrogen-bond donors (Lipinski definition) is 1. The molecule has 0 aliphatic carbocycles. The first kappa shape index (κ1) is 9.74. The monoisotopic (exact) mass is 274 g/mol. The molecule has 0 amide bonds. The zero-order chi connectivity index (χ0) is 8.97. The predicted molar refractivity (Wildman–Crippen MR) is 59.9 cm³/mol. The summed E-state index contributed by atoms with van der Waals surface area (Å²) >= 11 is 2.27. The predicted octanol–water partition coefficient (Wildman–Crippen LogP) is 2.69. The van der Waals surface area contributed by atoms with Crippen LogP contribution < -0.4 is 0 Å². The van der Waals surface area contributed by atoms with Crippen molar-refractivity contribution < 1.29 is 5.11 Å². The fraction of sp³-hybridized carbons (Fsp3) is 0.200. The topological polar surface area (TPSA) is 20.2 Å². The molecule has 64 valence electrons. The van der Waals surface area contributed by atoms with Crippen molar-refractivity contribution in [1.29, 1.82) is 0 Å². The minimum Gasteiger partial charge on any atom is -0.392 e. The maximum Gasteiger partial charge on any atom is 0.0642 e. The van der Waals surface area contributed by atoms with Gasteiger partial charge in [-0.25, -0.2) is 0 Å². The lowest BCUT2D eigenvalue weighted by atomic mass is 10.1.